The van der Waals surface area contributed by atoms with E-state index in [2.05, 4.69) is 44.7 Å². The Bertz CT molecular complexity index is 872. The van der Waals surface area contributed by atoms with Crippen molar-refractivity contribution in [1.29, 1.82) is 0 Å². The van der Waals surface area contributed by atoms with Crippen LogP contribution in [-0.4, -0.2) is 31.5 Å². The number of amides is 1. The molecule has 1 amide bonds. The maximum atomic E-state index is 12.4. The van der Waals surface area contributed by atoms with Gasteiger partial charge in [-0.3, -0.25) is 9.89 Å². The van der Waals surface area contributed by atoms with Gasteiger partial charge in [0.25, 0.3) is 0 Å². The molecule has 0 aliphatic carbocycles. The number of carbonyl (C=O) groups excluding carboxylic acids is 1. The highest BCUT2D eigenvalue weighted by Gasteiger charge is 2.21. The molecule has 136 valence electrons. The van der Waals surface area contributed by atoms with Crippen LogP contribution in [0.1, 0.15) is 31.6 Å². The van der Waals surface area contributed by atoms with E-state index in [0.717, 1.165) is 12.0 Å². The average molecular weight is 371 g/mol. The number of anilines is 1. The summed E-state index contributed by atoms with van der Waals surface area (Å²) >= 11 is 1.32. The third-order valence-electron chi connectivity index (χ3n) is 3.89. The Labute approximate surface area is 156 Å². The Morgan fingerprint density at radius 2 is 2.08 bits per heavy atom. The van der Waals surface area contributed by atoms with Gasteiger partial charge in [0.1, 0.15) is 5.76 Å². The summed E-state index contributed by atoms with van der Waals surface area (Å²) < 4.78 is 4.96. The molecule has 0 aliphatic heterocycles. The molecular formula is C18H21N5O2S. The summed E-state index contributed by atoms with van der Waals surface area (Å²) in [7, 11) is 0. The van der Waals surface area contributed by atoms with E-state index in [1.54, 1.807) is 13.0 Å². The quantitative estimate of drug-likeness (QED) is 0.613. The lowest BCUT2D eigenvalue weighted by atomic mass is 10.1. The Morgan fingerprint density at radius 3 is 2.69 bits per heavy atom. The first kappa shape index (κ1) is 18.2. The number of carbonyl (C=O) groups is 1. The van der Waals surface area contributed by atoms with Crippen molar-refractivity contribution in [3.8, 4) is 11.4 Å². The summed E-state index contributed by atoms with van der Waals surface area (Å²) in [6, 6.07) is 9.87. The number of nitrogens with one attached hydrogen (secondary N) is 2. The van der Waals surface area contributed by atoms with Crippen LogP contribution >= 0.6 is 11.8 Å². The van der Waals surface area contributed by atoms with Crippen LogP contribution in [0.15, 0.2) is 40.0 Å². The molecular weight excluding hydrogens is 350 g/mol. The first-order valence-electron chi connectivity index (χ1n) is 8.51. The smallest absolute Gasteiger partial charge is 0.239 e. The van der Waals surface area contributed by atoms with E-state index in [-0.39, 0.29) is 11.2 Å². The maximum Gasteiger partial charge on any atom is 0.239 e. The highest BCUT2D eigenvalue weighted by Crippen LogP contribution is 2.25. The lowest BCUT2D eigenvalue weighted by Gasteiger charge is -2.10. The van der Waals surface area contributed by atoms with Crippen molar-refractivity contribution >= 4 is 23.5 Å². The zero-order valence-corrected chi connectivity index (χ0v) is 15.8. The van der Waals surface area contributed by atoms with Crippen molar-refractivity contribution in [1.82, 2.24) is 20.3 Å². The fourth-order valence-electron chi connectivity index (χ4n) is 2.41. The van der Waals surface area contributed by atoms with Gasteiger partial charge in [-0.1, -0.05) is 55.0 Å². The molecule has 3 rings (SSSR count). The highest BCUT2D eigenvalue weighted by atomic mass is 32.2. The van der Waals surface area contributed by atoms with Crippen LogP contribution in [0.25, 0.3) is 11.4 Å². The predicted molar refractivity (Wildman–Crippen MR) is 101 cm³/mol. The second-order valence-electron chi connectivity index (χ2n) is 5.84. The van der Waals surface area contributed by atoms with E-state index >= 15 is 0 Å². The van der Waals surface area contributed by atoms with E-state index in [1.165, 1.54) is 17.3 Å². The fourth-order valence-corrected chi connectivity index (χ4v) is 3.24. The van der Waals surface area contributed by atoms with Gasteiger partial charge in [0, 0.05) is 11.6 Å². The zero-order valence-electron chi connectivity index (χ0n) is 14.9. The van der Waals surface area contributed by atoms with Crippen molar-refractivity contribution in [3.63, 3.8) is 0 Å². The van der Waals surface area contributed by atoms with Crippen molar-refractivity contribution in [2.24, 2.45) is 0 Å². The molecule has 1 aromatic carbocycles. The predicted octanol–water partition coefficient (Wildman–Crippen LogP) is 3.84. The molecule has 2 aromatic heterocycles. The minimum Gasteiger partial charge on any atom is -0.360 e. The molecule has 0 radical (unpaired) electrons. The summed E-state index contributed by atoms with van der Waals surface area (Å²) in [5.41, 5.74) is 2.24. The van der Waals surface area contributed by atoms with E-state index in [4.69, 9.17) is 4.52 Å². The van der Waals surface area contributed by atoms with Crippen LogP contribution in [0.2, 0.25) is 0 Å². The van der Waals surface area contributed by atoms with Gasteiger partial charge in [0.05, 0.1) is 5.25 Å². The van der Waals surface area contributed by atoms with Gasteiger partial charge in [-0.05, 0) is 25.3 Å². The third kappa shape index (κ3) is 4.32. The number of nitrogens with zero attached hydrogens (tertiary/aromatic N) is 3. The molecule has 0 spiro atoms. The number of thioether (sulfide) groups is 1. The summed E-state index contributed by atoms with van der Waals surface area (Å²) in [5.74, 6) is 1.61. The summed E-state index contributed by atoms with van der Waals surface area (Å²) in [4.78, 5) is 16.9. The standard InChI is InChI=1S/C18H21N5O2S/c1-4-12-6-8-13(9-7-12)16-20-18(22-21-16)26-14(5-2)17(24)19-15-10-11(3)25-23-15/h6-10,14H,4-5H2,1-3H3,(H,19,23,24)(H,20,21,22)/t14-/m0/s1. The highest BCUT2D eigenvalue weighted by molar-refractivity contribution is 8.00. The van der Waals surface area contributed by atoms with Crippen LogP contribution in [0, 0.1) is 6.92 Å². The van der Waals surface area contributed by atoms with E-state index in [0.29, 0.717) is 29.0 Å². The SMILES string of the molecule is CCc1ccc(-c2nc(S[C@@H](CC)C(=O)Nc3cc(C)on3)n[nH]2)cc1. The monoisotopic (exact) mass is 371 g/mol. The van der Waals surface area contributed by atoms with Gasteiger partial charge >= 0.3 is 0 Å². The number of H-pyrrole nitrogens is 1. The summed E-state index contributed by atoms with van der Waals surface area (Å²) in [5, 5.41) is 13.9. The molecule has 0 saturated carbocycles. The number of hydrogen-bond acceptors (Lipinski definition) is 6. The van der Waals surface area contributed by atoms with E-state index in [1.807, 2.05) is 19.1 Å². The van der Waals surface area contributed by atoms with Gasteiger partial charge in [-0.25, -0.2) is 4.98 Å². The summed E-state index contributed by atoms with van der Waals surface area (Å²) in [6.45, 7) is 5.84. The fraction of sp³-hybridized carbons (Fsp3) is 0.333. The maximum absolute atomic E-state index is 12.4. The first-order chi connectivity index (χ1) is 12.6. The van der Waals surface area contributed by atoms with Crippen LogP contribution in [0.3, 0.4) is 0 Å². The molecule has 0 aliphatic rings. The molecule has 2 heterocycles. The molecule has 0 fully saturated rings. The largest absolute Gasteiger partial charge is 0.360 e. The minimum absolute atomic E-state index is 0.149. The zero-order chi connectivity index (χ0) is 18.5. The van der Waals surface area contributed by atoms with Crippen molar-refractivity contribution in [2.45, 2.75) is 44.0 Å². The Hall–Kier alpha value is -2.61. The van der Waals surface area contributed by atoms with Gasteiger partial charge in [0.2, 0.25) is 11.1 Å². The molecule has 7 nitrogen and oxygen atoms in total. The number of rotatable bonds is 7. The van der Waals surface area contributed by atoms with Crippen LogP contribution < -0.4 is 5.32 Å². The second kappa shape index (κ2) is 8.18. The lowest BCUT2D eigenvalue weighted by Crippen LogP contribution is -2.24. The molecule has 2 N–H and O–H groups in total. The van der Waals surface area contributed by atoms with Crippen LogP contribution in [0.4, 0.5) is 5.82 Å². The second-order valence-corrected chi connectivity index (χ2v) is 7.01. The normalized spacial score (nSPS) is 12.1. The Kier molecular flexibility index (Phi) is 5.72. The Morgan fingerprint density at radius 1 is 1.31 bits per heavy atom. The average Bonchev–Trinajstić information content (AvgIpc) is 3.28. The van der Waals surface area contributed by atoms with E-state index < -0.39 is 0 Å². The topological polar surface area (TPSA) is 96.7 Å². The molecule has 3 aromatic rings. The Balaban J connectivity index is 1.66. The van der Waals surface area contributed by atoms with Gasteiger partial charge < -0.3 is 9.84 Å². The van der Waals surface area contributed by atoms with E-state index in [9.17, 15) is 4.79 Å². The molecule has 0 bridgehead atoms. The minimum atomic E-state index is -0.321. The van der Waals surface area contributed by atoms with Crippen molar-refractivity contribution in [2.75, 3.05) is 5.32 Å². The number of aryl methyl sites for hydroxylation is 2. The molecule has 26 heavy (non-hydrogen) atoms. The number of aromatic amines is 1. The van der Waals surface area contributed by atoms with Crippen LogP contribution in [0.5, 0.6) is 0 Å². The van der Waals surface area contributed by atoms with Gasteiger partial charge in [-0.15, -0.1) is 5.10 Å². The van der Waals surface area contributed by atoms with Gasteiger partial charge in [0.15, 0.2) is 11.6 Å². The number of hydrogen-bond donors (Lipinski definition) is 2. The number of benzene rings is 1. The third-order valence-corrected chi connectivity index (χ3v) is 5.12. The lowest BCUT2D eigenvalue weighted by molar-refractivity contribution is -0.115. The number of aromatic nitrogens is 4. The first-order valence-corrected chi connectivity index (χ1v) is 9.39. The van der Waals surface area contributed by atoms with Crippen molar-refractivity contribution < 1.29 is 9.32 Å². The molecule has 8 heteroatoms. The summed E-state index contributed by atoms with van der Waals surface area (Å²) in [6.07, 6.45) is 1.64. The molecule has 0 unspecified atom stereocenters. The molecule has 1 atom stereocenters. The van der Waals surface area contributed by atoms with Gasteiger partial charge in [-0.2, -0.15) is 0 Å². The molecule has 0 saturated heterocycles. The van der Waals surface area contributed by atoms with Crippen molar-refractivity contribution in [3.05, 3.63) is 41.7 Å². The van der Waals surface area contributed by atoms with Crippen LogP contribution in [-0.2, 0) is 11.2 Å².